The van der Waals surface area contributed by atoms with Crippen LogP contribution in [0.4, 0.5) is 0 Å². The normalized spacial score (nSPS) is 12.5. The monoisotopic (exact) mass is 133 g/mol. The highest BCUT2D eigenvalue weighted by Crippen LogP contribution is 2.07. The second-order valence-corrected chi connectivity index (χ2v) is 2.09. The summed E-state index contributed by atoms with van der Waals surface area (Å²) in [6, 6.07) is 1.78. The molecule has 0 amide bonds. The number of nitrogens with zero attached hydrogens (tertiary/aromatic N) is 2. The molecule has 0 saturated heterocycles. The quantitative estimate of drug-likeness (QED) is 0.612. The summed E-state index contributed by atoms with van der Waals surface area (Å²) in [5.74, 6) is 0.909. The number of hydrogen-bond acceptors (Lipinski definition) is 2. The first-order chi connectivity index (χ1) is 4.84. The average molecular weight is 133 g/mol. The molecule has 0 aromatic carbocycles. The standard InChI is InChI=1S/C8H9N2/c1-3-7(2)8-9-5-4-6-10-8/h1,3-7H,2H3. The Labute approximate surface area is 60.6 Å². The maximum Gasteiger partial charge on any atom is 0.134 e. The van der Waals surface area contributed by atoms with E-state index in [1.54, 1.807) is 24.5 Å². The molecule has 51 valence electrons. The van der Waals surface area contributed by atoms with E-state index in [0.29, 0.717) is 0 Å². The number of hydrogen-bond donors (Lipinski definition) is 0. The van der Waals surface area contributed by atoms with E-state index < -0.39 is 0 Å². The van der Waals surface area contributed by atoms with Crippen molar-refractivity contribution in [3.63, 3.8) is 0 Å². The van der Waals surface area contributed by atoms with Crippen LogP contribution in [0, 0.1) is 6.58 Å². The molecule has 10 heavy (non-hydrogen) atoms. The Morgan fingerprint density at radius 2 is 2.10 bits per heavy atom. The van der Waals surface area contributed by atoms with Gasteiger partial charge in [-0.2, -0.15) is 0 Å². The minimum Gasteiger partial charge on any atom is -0.241 e. The summed E-state index contributed by atoms with van der Waals surface area (Å²) in [4.78, 5) is 8.05. The molecule has 1 aromatic rings. The molecule has 0 bridgehead atoms. The number of rotatable bonds is 2. The van der Waals surface area contributed by atoms with Crippen LogP contribution < -0.4 is 0 Å². The van der Waals surface area contributed by atoms with Crippen LogP contribution in [-0.4, -0.2) is 9.97 Å². The Hall–Kier alpha value is -1.18. The van der Waals surface area contributed by atoms with E-state index >= 15 is 0 Å². The molecule has 0 fully saturated rings. The molecule has 1 aromatic heterocycles. The molecule has 2 heteroatoms. The Balaban J connectivity index is 2.84. The maximum atomic E-state index is 5.30. The third-order valence-corrected chi connectivity index (χ3v) is 1.28. The van der Waals surface area contributed by atoms with Crippen LogP contribution in [0.25, 0.3) is 0 Å². The van der Waals surface area contributed by atoms with Crippen LogP contribution in [-0.2, 0) is 0 Å². The lowest BCUT2D eigenvalue weighted by molar-refractivity contribution is 0.843. The van der Waals surface area contributed by atoms with Gasteiger partial charge in [-0.25, -0.2) is 9.97 Å². The van der Waals surface area contributed by atoms with Crippen LogP contribution >= 0.6 is 0 Å². The Morgan fingerprint density at radius 1 is 1.50 bits per heavy atom. The van der Waals surface area contributed by atoms with E-state index in [0.717, 1.165) is 5.82 Å². The van der Waals surface area contributed by atoms with Gasteiger partial charge in [0.05, 0.1) is 0 Å². The van der Waals surface area contributed by atoms with E-state index in [-0.39, 0.29) is 5.92 Å². The molecule has 0 aliphatic rings. The van der Waals surface area contributed by atoms with Crippen molar-refractivity contribution in [3.8, 4) is 0 Å². The highest BCUT2D eigenvalue weighted by Gasteiger charge is 2.00. The molecular weight excluding hydrogens is 124 g/mol. The molecule has 0 aliphatic carbocycles. The highest BCUT2D eigenvalue weighted by atomic mass is 14.9. The summed E-state index contributed by atoms with van der Waals surface area (Å²) in [6.45, 7) is 7.25. The summed E-state index contributed by atoms with van der Waals surface area (Å²) in [7, 11) is 0. The average Bonchev–Trinajstić information content (AvgIpc) is 2.05. The van der Waals surface area contributed by atoms with Crippen molar-refractivity contribution in [2.45, 2.75) is 12.8 Å². The second-order valence-electron chi connectivity index (χ2n) is 2.09. The smallest absolute Gasteiger partial charge is 0.134 e. The summed E-state index contributed by atoms with van der Waals surface area (Å²) in [6.07, 6.45) is 5.00. The van der Waals surface area contributed by atoms with Crippen molar-refractivity contribution in [1.82, 2.24) is 9.97 Å². The van der Waals surface area contributed by atoms with Crippen LogP contribution in [0.3, 0.4) is 0 Å². The van der Waals surface area contributed by atoms with Crippen molar-refractivity contribution in [2.75, 3.05) is 0 Å². The minimum atomic E-state index is 0.140. The zero-order valence-corrected chi connectivity index (χ0v) is 5.86. The van der Waals surface area contributed by atoms with Gasteiger partial charge in [-0.05, 0) is 6.07 Å². The topological polar surface area (TPSA) is 25.8 Å². The van der Waals surface area contributed by atoms with Gasteiger partial charge in [-0.15, -0.1) is 0 Å². The van der Waals surface area contributed by atoms with Gasteiger partial charge < -0.3 is 0 Å². The van der Waals surface area contributed by atoms with Crippen LogP contribution in [0.5, 0.6) is 0 Å². The molecule has 1 atom stereocenters. The van der Waals surface area contributed by atoms with Gasteiger partial charge in [0.2, 0.25) is 0 Å². The fourth-order valence-corrected chi connectivity index (χ4v) is 0.632. The molecular formula is C8H9N2. The predicted molar refractivity (Wildman–Crippen MR) is 39.3 cm³/mol. The summed E-state index contributed by atoms with van der Waals surface area (Å²) >= 11 is 0. The van der Waals surface area contributed by atoms with E-state index in [1.165, 1.54) is 0 Å². The van der Waals surface area contributed by atoms with Crippen molar-refractivity contribution in [2.24, 2.45) is 0 Å². The van der Waals surface area contributed by atoms with Crippen molar-refractivity contribution >= 4 is 0 Å². The maximum absolute atomic E-state index is 5.30. The zero-order valence-electron chi connectivity index (χ0n) is 5.86. The Morgan fingerprint density at radius 3 is 2.60 bits per heavy atom. The number of aromatic nitrogens is 2. The van der Waals surface area contributed by atoms with Gasteiger partial charge in [0.25, 0.3) is 0 Å². The van der Waals surface area contributed by atoms with Crippen molar-refractivity contribution in [1.29, 1.82) is 0 Å². The van der Waals surface area contributed by atoms with E-state index in [2.05, 4.69) is 9.97 Å². The lowest BCUT2D eigenvalue weighted by Crippen LogP contribution is -1.95. The van der Waals surface area contributed by atoms with Crippen LogP contribution in [0.15, 0.2) is 24.5 Å². The van der Waals surface area contributed by atoms with Crippen LogP contribution in [0.2, 0.25) is 0 Å². The Bertz CT molecular complexity index is 206. The van der Waals surface area contributed by atoms with Crippen molar-refractivity contribution in [3.05, 3.63) is 36.9 Å². The highest BCUT2D eigenvalue weighted by molar-refractivity contribution is 5.01. The molecule has 1 heterocycles. The summed E-state index contributed by atoms with van der Waals surface area (Å²) in [5.41, 5.74) is 0. The molecule has 1 radical (unpaired) electrons. The fraction of sp³-hybridized carbons (Fsp3) is 0.250. The van der Waals surface area contributed by atoms with Crippen molar-refractivity contribution < 1.29 is 0 Å². The Kier molecular flexibility index (Phi) is 2.15. The van der Waals surface area contributed by atoms with Gasteiger partial charge >= 0.3 is 0 Å². The second kappa shape index (κ2) is 3.11. The van der Waals surface area contributed by atoms with Gasteiger partial charge in [-0.1, -0.05) is 19.6 Å². The molecule has 1 rings (SSSR count). The molecule has 0 saturated carbocycles. The molecule has 0 spiro atoms. The molecule has 2 nitrogen and oxygen atoms in total. The third kappa shape index (κ3) is 1.41. The van der Waals surface area contributed by atoms with Gasteiger partial charge in [0.15, 0.2) is 0 Å². The molecule has 0 N–H and O–H groups in total. The predicted octanol–water partition coefficient (Wildman–Crippen LogP) is 1.57. The lowest BCUT2D eigenvalue weighted by atomic mass is 10.2. The minimum absolute atomic E-state index is 0.140. The van der Waals surface area contributed by atoms with E-state index in [1.807, 2.05) is 6.92 Å². The van der Waals surface area contributed by atoms with E-state index in [4.69, 9.17) is 6.58 Å². The largest absolute Gasteiger partial charge is 0.241 e. The van der Waals surface area contributed by atoms with Gasteiger partial charge in [0.1, 0.15) is 5.82 Å². The third-order valence-electron chi connectivity index (χ3n) is 1.28. The molecule has 1 unspecified atom stereocenters. The first kappa shape index (κ1) is 6.93. The first-order valence-electron chi connectivity index (χ1n) is 3.16. The van der Waals surface area contributed by atoms with Gasteiger partial charge in [0, 0.05) is 18.3 Å². The zero-order chi connectivity index (χ0) is 7.40. The van der Waals surface area contributed by atoms with Gasteiger partial charge in [-0.3, -0.25) is 0 Å². The molecule has 0 aliphatic heterocycles. The van der Waals surface area contributed by atoms with E-state index in [9.17, 15) is 0 Å². The fourth-order valence-electron chi connectivity index (χ4n) is 0.632. The van der Waals surface area contributed by atoms with Crippen LogP contribution in [0.1, 0.15) is 18.7 Å². The number of allylic oxidation sites excluding steroid dienone is 1. The lowest BCUT2D eigenvalue weighted by Gasteiger charge is -2.00. The summed E-state index contributed by atoms with van der Waals surface area (Å²) in [5, 5.41) is 0. The summed E-state index contributed by atoms with van der Waals surface area (Å²) < 4.78 is 0. The first-order valence-corrected chi connectivity index (χ1v) is 3.16. The SMILES string of the molecule is [CH]=CC(C)c1ncccn1.